The molecule has 88 valence electrons. The molecule has 0 saturated carbocycles. The maximum Gasteiger partial charge on any atom is 0.341 e. The molecule has 1 aromatic carbocycles. The van der Waals surface area contributed by atoms with Crippen molar-refractivity contribution < 1.29 is 14.6 Å². The third kappa shape index (κ3) is 3.45. The van der Waals surface area contributed by atoms with Crippen LogP contribution in [0.5, 0.6) is 5.75 Å². The molecule has 16 heavy (non-hydrogen) atoms. The van der Waals surface area contributed by atoms with Crippen molar-refractivity contribution in [2.75, 3.05) is 6.61 Å². The number of ether oxygens (including phenoxy) is 1. The highest BCUT2D eigenvalue weighted by Gasteiger charge is 2.12. The summed E-state index contributed by atoms with van der Waals surface area (Å²) < 4.78 is 4.82. The van der Waals surface area contributed by atoms with Gasteiger partial charge in [0, 0.05) is 10.1 Å². The van der Waals surface area contributed by atoms with E-state index < -0.39 is 5.97 Å². The van der Waals surface area contributed by atoms with Gasteiger partial charge >= 0.3 is 5.97 Å². The van der Waals surface area contributed by atoms with Crippen LogP contribution in [0, 0.1) is 0 Å². The molecule has 0 aliphatic carbocycles. The van der Waals surface area contributed by atoms with Gasteiger partial charge in [-0.3, -0.25) is 0 Å². The normalized spacial score (nSPS) is 10.5. The number of carbonyl (C=O) groups is 1. The lowest BCUT2D eigenvalue weighted by Gasteiger charge is -2.08. The molecule has 0 bridgehead atoms. The van der Waals surface area contributed by atoms with E-state index in [1.54, 1.807) is 30.8 Å². The number of phenols is 1. The van der Waals surface area contributed by atoms with Crippen molar-refractivity contribution in [1.82, 2.24) is 0 Å². The van der Waals surface area contributed by atoms with E-state index in [9.17, 15) is 9.90 Å². The summed E-state index contributed by atoms with van der Waals surface area (Å²) in [6.07, 6.45) is 0. The Hall–Kier alpha value is -1.16. The number of phenolic OH excluding ortho intramolecular Hbond substituents is 1. The molecule has 0 amide bonds. The first-order valence-electron chi connectivity index (χ1n) is 5.21. The van der Waals surface area contributed by atoms with Crippen molar-refractivity contribution in [2.45, 2.75) is 30.9 Å². The maximum absolute atomic E-state index is 11.4. The van der Waals surface area contributed by atoms with Crippen LogP contribution in [0.1, 0.15) is 31.1 Å². The Labute approximate surface area is 99.8 Å². The molecule has 3 nitrogen and oxygen atoms in total. The van der Waals surface area contributed by atoms with Gasteiger partial charge in [-0.25, -0.2) is 4.79 Å². The number of thioether (sulfide) groups is 1. The number of benzene rings is 1. The summed E-state index contributed by atoms with van der Waals surface area (Å²) in [5.74, 6) is -0.509. The van der Waals surface area contributed by atoms with Crippen LogP contribution >= 0.6 is 11.8 Å². The zero-order valence-electron chi connectivity index (χ0n) is 9.69. The summed E-state index contributed by atoms with van der Waals surface area (Å²) in [7, 11) is 0. The monoisotopic (exact) mass is 240 g/mol. The quantitative estimate of drug-likeness (QED) is 0.649. The van der Waals surface area contributed by atoms with Gasteiger partial charge in [0.2, 0.25) is 0 Å². The second kappa shape index (κ2) is 5.80. The molecule has 0 atom stereocenters. The fraction of sp³-hybridized carbons (Fsp3) is 0.417. The van der Waals surface area contributed by atoms with Crippen molar-refractivity contribution >= 4 is 17.7 Å². The lowest BCUT2D eigenvalue weighted by atomic mass is 10.2. The molecule has 0 aliphatic heterocycles. The van der Waals surface area contributed by atoms with Crippen LogP contribution in [-0.2, 0) is 4.74 Å². The first kappa shape index (κ1) is 12.9. The molecular formula is C12H16O3S. The van der Waals surface area contributed by atoms with Gasteiger partial charge in [0.05, 0.1) is 6.61 Å². The van der Waals surface area contributed by atoms with Crippen LogP contribution in [0.25, 0.3) is 0 Å². The highest BCUT2D eigenvalue weighted by molar-refractivity contribution is 7.99. The van der Waals surface area contributed by atoms with Crippen LogP contribution < -0.4 is 0 Å². The average molecular weight is 240 g/mol. The molecule has 4 heteroatoms. The summed E-state index contributed by atoms with van der Waals surface area (Å²) in [5.41, 5.74) is 0.218. The molecule has 0 heterocycles. The van der Waals surface area contributed by atoms with Crippen LogP contribution in [0.4, 0.5) is 0 Å². The Kier molecular flexibility index (Phi) is 4.68. The second-order valence-corrected chi connectivity index (χ2v) is 5.22. The fourth-order valence-corrected chi connectivity index (χ4v) is 2.11. The van der Waals surface area contributed by atoms with Crippen LogP contribution in [-0.4, -0.2) is 22.9 Å². The zero-order chi connectivity index (χ0) is 12.1. The van der Waals surface area contributed by atoms with E-state index in [1.807, 2.05) is 6.07 Å². The second-order valence-electron chi connectivity index (χ2n) is 3.57. The summed E-state index contributed by atoms with van der Waals surface area (Å²) in [6.45, 7) is 6.18. The lowest BCUT2D eigenvalue weighted by molar-refractivity contribution is 0.0523. The number of hydrogen-bond donors (Lipinski definition) is 1. The average Bonchev–Trinajstić information content (AvgIpc) is 2.16. The first-order valence-corrected chi connectivity index (χ1v) is 6.09. The number of hydrogen-bond acceptors (Lipinski definition) is 4. The molecule has 0 saturated heterocycles. The topological polar surface area (TPSA) is 46.5 Å². The standard InChI is InChI=1S/C12H16O3S/c1-4-15-12(14)10-6-5-9(7-11(10)13)16-8(2)3/h5-8,13H,4H2,1-3H3. The van der Waals surface area contributed by atoms with E-state index in [0.717, 1.165) is 4.90 Å². The van der Waals surface area contributed by atoms with E-state index in [1.165, 1.54) is 0 Å². The van der Waals surface area contributed by atoms with Gasteiger partial charge < -0.3 is 9.84 Å². The van der Waals surface area contributed by atoms with E-state index in [-0.39, 0.29) is 11.3 Å². The van der Waals surface area contributed by atoms with Gasteiger partial charge in [0.25, 0.3) is 0 Å². The summed E-state index contributed by atoms with van der Waals surface area (Å²) in [5, 5.41) is 10.1. The Morgan fingerprint density at radius 1 is 1.50 bits per heavy atom. The largest absolute Gasteiger partial charge is 0.507 e. The highest BCUT2D eigenvalue weighted by Crippen LogP contribution is 2.28. The predicted molar refractivity (Wildman–Crippen MR) is 65.1 cm³/mol. The van der Waals surface area contributed by atoms with Crippen LogP contribution in [0.15, 0.2) is 23.1 Å². The molecule has 0 aromatic heterocycles. The minimum Gasteiger partial charge on any atom is -0.507 e. The fourth-order valence-electron chi connectivity index (χ4n) is 1.24. The zero-order valence-corrected chi connectivity index (χ0v) is 10.5. The number of esters is 1. The van der Waals surface area contributed by atoms with Crippen molar-refractivity contribution in [3.8, 4) is 5.75 Å². The van der Waals surface area contributed by atoms with Gasteiger partial charge in [0.15, 0.2) is 0 Å². The molecule has 1 rings (SSSR count). The molecule has 1 N–H and O–H groups in total. The van der Waals surface area contributed by atoms with E-state index in [4.69, 9.17) is 4.74 Å². The van der Waals surface area contributed by atoms with Gasteiger partial charge in [-0.05, 0) is 25.1 Å². The smallest absolute Gasteiger partial charge is 0.341 e. The van der Waals surface area contributed by atoms with Crippen LogP contribution in [0.3, 0.4) is 0 Å². The molecule has 0 radical (unpaired) electrons. The lowest BCUT2D eigenvalue weighted by Crippen LogP contribution is -2.04. The van der Waals surface area contributed by atoms with Crippen molar-refractivity contribution in [1.29, 1.82) is 0 Å². The molecule has 0 unspecified atom stereocenters. The van der Waals surface area contributed by atoms with E-state index in [2.05, 4.69) is 13.8 Å². The Balaban J connectivity index is 2.87. The summed E-state index contributed by atoms with van der Waals surface area (Å²) in [6, 6.07) is 5.01. The van der Waals surface area contributed by atoms with Gasteiger partial charge in [0.1, 0.15) is 11.3 Å². The Morgan fingerprint density at radius 3 is 2.69 bits per heavy atom. The van der Waals surface area contributed by atoms with Crippen molar-refractivity contribution in [3.63, 3.8) is 0 Å². The highest BCUT2D eigenvalue weighted by atomic mass is 32.2. The third-order valence-corrected chi connectivity index (χ3v) is 2.83. The van der Waals surface area contributed by atoms with Crippen molar-refractivity contribution in [3.05, 3.63) is 23.8 Å². The van der Waals surface area contributed by atoms with E-state index in [0.29, 0.717) is 11.9 Å². The third-order valence-electron chi connectivity index (χ3n) is 1.84. The first-order chi connectivity index (χ1) is 7.54. The Bertz CT molecular complexity index is 375. The molecule has 0 aliphatic rings. The van der Waals surface area contributed by atoms with Gasteiger partial charge in [-0.15, -0.1) is 11.8 Å². The Morgan fingerprint density at radius 2 is 2.19 bits per heavy atom. The summed E-state index contributed by atoms with van der Waals surface area (Å²) in [4.78, 5) is 12.4. The molecular weight excluding hydrogens is 224 g/mol. The number of rotatable bonds is 4. The van der Waals surface area contributed by atoms with Crippen LogP contribution in [0.2, 0.25) is 0 Å². The van der Waals surface area contributed by atoms with E-state index >= 15 is 0 Å². The molecule has 0 fully saturated rings. The number of aromatic hydroxyl groups is 1. The molecule has 0 spiro atoms. The molecule has 1 aromatic rings. The maximum atomic E-state index is 11.4. The van der Waals surface area contributed by atoms with Gasteiger partial charge in [-0.2, -0.15) is 0 Å². The SMILES string of the molecule is CCOC(=O)c1ccc(SC(C)C)cc1O. The van der Waals surface area contributed by atoms with Crippen molar-refractivity contribution in [2.24, 2.45) is 0 Å². The number of carbonyl (C=O) groups excluding carboxylic acids is 1. The van der Waals surface area contributed by atoms with Gasteiger partial charge in [-0.1, -0.05) is 13.8 Å². The minimum atomic E-state index is -0.485. The predicted octanol–water partition coefficient (Wildman–Crippen LogP) is 3.07. The minimum absolute atomic E-state index is 0.0240. The summed E-state index contributed by atoms with van der Waals surface area (Å²) >= 11 is 1.63.